The molecule has 0 radical (unpaired) electrons. The van der Waals surface area contributed by atoms with Crippen LogP contribution in [0.15, 0.2) is 24.3 Å². The third kappa shape index (κ3) is 19.4. The van der Waals surface area contributed by atoms with Crippen LogP contribution in [0.3, 0.4) is 0 Å². The molecule has 0 aromatic heterocycles. The number of hydrogen-bond donors (Lipinski definition) is 2. The van der Waals surface area contributed by atoms with E-state index >= 15 is 0 Å². The summed E-state index contributed by atoms with van der Waals surface area (Å²) in [6.45, 7) is 5.97. The number of hydrogen-bond acceptors (Lipinski definition) is 6. The van der Waals surface area contributed by atoms with E-state index < -0.39 is 0 Å². The average molecular weight is 338 g/mol. The molecule has 0 saturated carbocycles. The molecule has 21 heavy (non-hydrogen) atoms. The average Bonchev–Trinajstić information content (AvgIpc) is 2.49. The lowest BCUT2D eigenvalue weighted by Crippen LogP contribution is -2.09. The summed E-state index contributed by atoms with van der Waals surface area (Å²) >= 11 is 2.83. The summed E-state index contributed by atoms with van der Waals surface area (Å²) in [4.78, 5) is 0. The van der Waals surface area contributed by atoms with E-state index in [1.807, 2.05) is 0 Å². The zero-order valence-electron chi connectivity index (χ0n) is 12.6. The summed E-state index contributed by atoms with van der Waals surface area (Å²) in [5.41, 5.74) is 2.74. The molecular formula is C14H26O5S2. The summed E-state index contributed by atoms with van der Waals surface area (Å²) in [6.07, 6.45) is 0. The molecule has 0 aliphatic carbocycles. The van der Waals surface area contributed by atoms with E-state index in [1.54, 1.807) is 0 Å². The van der Waals surface area contributed by atoms with Crippen LogP contribution in [-0.4, -0.2) is 54.1 Å². The maximum atomic E-state index is 8.26. The van der Waals surface area contributed by atoms with Crippen molar-refractivity contribution in [1.29, 1.82) is 0 Å². The van der Waals surface area contributed by atoms with E-state index in [9.17, 15) is 0 Å². The third-order valence-electron chi connectivity index (χ3n) is 2.27. The first-order valence-corrected chi connectivity index (χ1v) is 6.61. The first kappa shape index (κ1) is 25.4. The van der Waals surface area contributed by atoms with Gasteiger partial charge in [0.25, 0.3) is 0 Å². The van der Waals surface area contributed by atoms with Gasteiger partial charge in [-0.15, -0.1) is 0 Å². The molecule has 1 aromatic rings. The fourth-order valence-electron chi connectivity index (χ4n) is 1.11. The molecule has 0 aliphatic rings. The van der Waals surface area contributed by atoms with Crippen molar-refractivity contribution in [2.45, 2.75) is 13.8 Å². The number of aryl methyl sites for hydroxylation is 2. The van der Waals surface area contributed by atoms with E-state index in [0.717, 1.165) is 0 Å². The van der Waals surface area contributed by atoms with Crippen molar-refractivity contribution in [3.8, 4) is 0 Å². The molecule has 0 atom stereocenters. The molecular weight excluding hydrogens is 312 g/mol. The maximum absolute atomic E-state index is 8.26. The highest BCUT2D eigenvalue weighted by Crippen LogP contribution is 2.02. The number of aliphatic hydroxyl groups excluding tert-OH is 2. The van der Waals surface area contributed by atoms with Gasteiger partial charge in [0.15, 0.2) is 12.5 Å². The number of rotatable bonds is 7. The highest BCUT2D eigenvalue weighted by molar-refractivity contribution is 7.59. The van der Waals surface area contributed by atoms with Crippen LogP contribution in [-0.2, 0) is 22.0 Å². The molecule has 0 bridgehead atoms. The molecule has 7 heteroatoms. The van der Waals surface area contributed by atoms with Crippen LogP contribution in [0.5, 0.6) is 0 Å². The smallest absolute Gasteiger partial charge is 0.197 e. The van der Waals surface area contributed by atoms with E-state index in [1.165, 1.54) is 11.1 Å². The summed E-state index contributed by atoms with van der Waals surface area (Å²) in [5, 5.41) is 16.5. The molecule has 0 spiro atoms. The van der Waals surface area contributed by atoms with Gasteiger partial charge in [-0.25, -0.2) is 0 Å². The van der Waals surface area contributed by atoms with Crippen LogP contribution < -0.4 is 0 Å². The normalized spacial score (nSPS) is 8.57. The van der Waals surface area contributed by atoms with Gasteiger partial charge in [-0.1, -0.05) is 24.3 Å². The van der Waals surface area contributed by atoms with Gasteiger partial charge in [-0.2, -0.15) is 17.7 Å². The summed E-state index contributed by atoms with van der Waals surface area (Å²) < 4.78 is 17.6. The summed E-state index contributed by atoms with van der Waals surface area (Å²) in [5.74, 6) is 0. The molecule has 0 saturated heterocycles. The second-order valence-electron chi connectivity index (χ2n) is 3.76. The standard InChI is InChI=1S/C8H10.C6H14O4.OS.H2S/c1-7-5-3-4-6-8(7)2;7-1-3-9-5-6-10-4-2-8;1-2;/h3-6H,1-2H3;7-8H,1-6H2;;1H2. The van der Waals surface area contributed by atoms with Crippen LogP contribution in [0, 0.1) is 13.8 Å². The minimum Gasteiger partial charge on any atom is -0.394 e. The second-order valence-corrected chi connectivity index (χ2v) is 3.76. The number of ether oxygens (including phenoxy) is 2. The van der Waals surface area contributed by atoms with Crippen LogP contribution in [0.2, 0.25) is 0 Å². The van der Waals surface area contributed by atoms with Crippen molar-refractivity contribution >= 4 is 26.0 Å². The van der Waals surface area contributed by atoms with Crippen molar-refractivity contribution < 1.29 is 23.9 Å². The minimum absolute atomic E-state index is 0. The molecule has 0 aliphatic heterocycles. The Balaban J connectivity index is -0.000000268. The zero-order valence-corrected chi connectivity index (χ0v) is 14.4. The van der Waals surface area contributed by atoms with Crippen LogP contribution in [0.4, 0.5) is 0 Å². The molecule has 1 aromatic carbocycles. The predicted molar refractivity (Wildman–Crippen MR) is 90.2 cm³/mol. The molecule has 1 rings (SSSR count). The summed E-state index contributed by atoms with van der Waals surface area (Å²) in [7, 11) is 0. The van der Waals surface area contributed by atoms with Gasteiger partial charge in [0, 0.05) is 0 Å². The number of aliphatic hydroxyl groups is 2. The first-order chi connectivity index (χ1) is 9.72. The fraction of sp³-hybridized carbons (Fsp3) is 0.571. The van der Waals surface area contributed by atoms with Crippen molar-refractivity contribution in [1.82, 2.24) is 0 Å². The minimum atomic E-state index is 0. The van der Waals surface area contributed by atoms with Crippen LogP contribution in [0.25, 0.3) is 0 Å². The van der Waals surface area contributed by atoms with E-state index in [4.69, 9.17) is 23.9 Å². The molecule has 2 N–H and O–H groups in total. The van der Waals surface area contributed by atoms with Gasteiger partial charge in [-0.3, -0.25) is 0 Å². The van der Waals surface area contributed by atoms with Gasteiger partial charge in [-0.05, 0) is 25.0 Å². The van der Waals surface area contributed by atoms with Gasteiger partial charge in [0.2, 0.25) is 0 Å². The fourth-order valence-corrected chi connectivity index (χ4v) is 1.11. The molecule has 124 valence electrons. The highest BCUT2D eigenvalue weighted by atomic mass is 32.1. The Morgan fingerprint density at radius 2 is 1.19 bits per heavy atom. The van der Waals surface area contributed by atoms with Crippen molar-refractivity contribution in [3.63, 3.8) is 0 Å². The highest BCUT2D eigenvalue weighted by Gasteiger charge is 1.86. The quantitative estimate of drug-likeness (QED) is 0.725. The zero-order chi connectivity index (χ0) is 15.6. The third-order valence-corrected chi connectivity index (χ3v) is 2.27. The lowest BCUT2D eigenvalue weighted by Gasteiger charge is -2.01. The van der Waals surface area contributed by atoms with E-state index in [2.05, 4.69) is 50.6 Å². The lowest BCUT2D eigenvalue weighted by molar-refractivity contribution is 0.0222. The Morgan fingerprint density at radius 3 is 1.43 bits per heavy atom. The van der Waals surface area contributed by atoms with Crippen LogP contribution >= 0.6 is 13.5 Å². The van der Waals surface area contributed by atoms with Gasteiger partial charge < -0.3 is 19.7 Å². The summed E-state index contributed by atoms with van der Waals surface area (Å²) in [6, 6.07) is 8.36. The van der Waals surface area contributed by atoms with Crippen molar-refractivity contribution in [3.05, 3.63) is 35.4 Å². The first-order valence-electron chi connectivity index (χ1n) is 6.28. The van der Waals surface area contributed by atoms with Crippen molar-refractivity contribution in [2.75, 3.05) is 39.6 Å². The predicted octanol–water partition coefficient (Wildman–Crippen LogP) is 1.08. The van der Waals surface area contributed by atoms with Crippen LogP contribution in [0.1, 0.15) is 11.1 Å². The van der Waals surface area contributed by atoms with Gasteiger partial charge in [0.05, 0.1) is 39.6 Å². The Kier molecular flexibility index (Phi) is 26.3. The molecule has 0 fully saturated rings. The lowest BCUT2D eigenvalue weighted by atomic mass is 10.1. The van der Waals surface area contributed by atoms with Crippen molar-refractivity contribution in [2.24, 2.45) is 0 Å². The van der Waals surface area contributed by atoms with Gasteiger partial charge >= 0.3 is 0 Å². The molecule has 0 heterocycles. The molecule has 0 unspecified atom stereocenters. The van der Waals surface area contributed by atoms with E-state index in [0.29, 0.717) is 26.4 Å². The Labute approximate surface area is 139 Å². The largest absolute Gasteiger partial charge is 0.394 e. The topological polar surface area (TPSA) is 76.0 Å². The SMILES string of the molecule is Cc1ccccc1C.O=S.OCCOCCOCCO.S. The Bertz CT molecular complexity index is 284. The second kappa shape index (κ2) is 21.7. The Hall–Kier alpha value is -0.570. The molecule has 0 amide bonds. The van der Waals surface area contributed by atoms with Gasteiger partial charge in [0.1, 0.15) is 0 Å². The Morgan fingerprint density at radius 1 is 0.857 bits per heavy atom. The maximum Gasteiger partial charge on any atom is 0.197 e. The monoisotopic (exact) mass is 338 g/mol. The van der Waals surface area contributed by atoms with E-state index in [-0.39, 0.29) is 26.7 Å². The number of benzene rings is 1. The molecule has 5 nitrogen and oxygen atoms in total.